The van der Waals surface area contributed by atoms with Crippen LogP contribution in [0.4, 0.5) is 4.39 Å². The van der Waals surface area contributed by atoms with Crippen molar-refractivity contribution in [2.45, 2.75) is 6.92 Å². The third kappa shape index (κ3) is 4.25. The second-order valence-corrected chi connectivity index (χ2v) is 9.47. The topological polar surface area (TPSA) is 88.6 Å². The molecule has 0 atom stereocenters. The fourth-order valence-electron chi connectivity index (χ4n) is 2.25. The van der Waals surface area contributed by atoms with Crippen LogP contribution in [-0.2, 0) is 10.2 Å². The summed E-state index contributed by atoms with van der Waals surface area (Å²) in [6.45, 7) is 1.89. The van der Waals surface area contributed by atoms with Crippen molar-refractivity contribution in [1.29, 1.82) is 0 Å². The number of hydrogen-bond donors (Lipinski definition) is 1. The lowest BCUT2D eigenvalue weighted by Crippen LogP contribution is -2.39. The number of hydrogen-bond acceptors (Lipinski definition) is 6. The molecule has 0 aliphatic rings. The molecule has 0 bridgehead atoms. The second-order valence-electron chi connectivity index (χ2n) is 5.95. The standard InChI is InChI=1S/C17H15ClFN3O4S2/c1-9-20-14-5-4-10(6-16(14)27-9)26-15-8-13(19)11(7-12(15)18)17(23)21-28(24,25)22(2)3/h4-8H,1-3H3,(H,21,23). The number of carbonyl (C=O) groups excluding carboxylic acids is 1. The van der Waals surface area contributed by atoms with Gasteiger partial charge in [0.15, 0.2) is 0 Å². The summed E-state index contributed by atoms with van der Waals surface area (Å²) in [4.78, 5) is 16.4. The Morgan fingerprint density at radius 3 is 2.68 bits per heavy atom. The highest BCUT2D eigenvalue weighted by Crippen LogP contribution is 2.34. The third-order valence-electron chi connectivity index (χ3n) is 3.66. The molecule has 28 heavy (non-hydrogen) atoms. The van der Waals surface area contributed by atoms with Crippen molar-refractivity contribution in [3.63, 3.8) is 0 Å². The molecule has 0 aliphatic heterocycles. The molecule has 0 radical (unpaired) electrons. The predicted octanol–water partition coefficient (Wildman–Crippen LogP) is 3.73. The summed E-state index contributed by atoms with van der Waals surface area (Å²) >= 11 is 7.60. The van der Waals surface area contributed by atoms with Crippen molar-refractivity contribution in [3.05, 3.63) is 51.7 Å². The summed E-state index contributed by atoms with van der Waals surface area (Å²) in [6.07, 6.45) is 0. The van der Waals surface area contributed by atoms with Crippen molar-refractivity contribution in [1.82, 2.24) is 14.0 Å². The minimum absolute atomic E-state index is 0.00762. The number of carbonyl (C=O) groups is 1. The van der Waals surface area contributed by atoms with E-state index >= 15 is 0 Å². The largest absolute Gasteiger partial charge is 0.456 e. The number of amides is 1. The van der Waals surface area contributed by atoms with E-state index in [-0.39, 0.29) is 10.8 Å². The average molecular weight is 444 g/mol. The van der Waals surface area contributed by atoms with E-state index in [9.17, 15) is 17.6 Å². The minimum atomic E-state index is -4.06. The lowest BCUT2D eigenvalue weighted by molar-refractivity contribution is 0.0976. The first-order chi connectivity index (χ1) is 13.1. The van der Waals surface area contributed by atoms with Gasteiger partial charge in [-0.2, -0.15) is 12.7 Å². The van der Waals surface area contributed by atoms with Crippen molar-refractivity contribution in [2.75, 3.05) is 14.1 Å². The number of fused-ring (bicyclic) bond motifs is 1. The van der Waals surface area contributed by atoms with E-state index < -0.39 is 27.5 Å². The lowest BCUT2D eigenvalue weighted by atomic mass is 10.2. The van der Waals surface area contributed by atoms with Gasteiger partial charge in [0.1, 0.15) is 17.3 Å². The van der Waals surface area contributed by atoms with Gasteiger partial charge < -0.3 is 4.74 Å². The van der Waals surface area contributed by atoms with Gasteiger partial charge in [-0.05, 0) is 25.1 Å². The van der Waals surface area contributed by atoms with E-state index in [1.165, 1.54) is 25.4 Å². The fourth-order valence-corrected chi connectivity index (χ4v) is 3.84. The first kappa shape index (κ1) is 20.5. The molecule has 1 heterocycles. The van der Waals surface area contributed by atoms with E-state index in [1.807, 2.05) is 6.92 Å². The molecule has 0 fully saturated rings. The fraction of sp³-hybridized carbons (Fsp3) is 0.176. The van der Waals surface area contributed by atoms with E-state index in [0.717, 1.165) is 31.7 Å². The smallest absolute Gasteiger partial charge is 0.303 e. The molecule has 11 heteroatoms. The molecule has 0 saturated carbocycles. The highest BCUT2D eigenvalue weighted by Gasteiger charge is 2.22. The van der Waals surface area contributed by atoms with Crippen LogP contribution in [0.5, 0.6) is 11.5 Å². The summed E-state index contributed by atoms with van der Waals surface area (Å²) in [7, 11) is -1.60. The van der Waals surface area contributed by atoms with Gasteiger partial charge in [-0.25, -0.2) is 14.1 Å². The van der Waals surface area contributed by atoms with Crippen molar-refractivity contribution in [2.24, 2.45) is 0 Å². The van der Waals surface area contributed by atoms with Gasteiger partial charge in [0.25, 0.3) is 5.91 Å². The summed E-state index contributed by atoms with van der Waals surface area (Å²) in [5.74, 6) is -1.70. The van der Waals surface area contributed by atoms with Gasteiger partial charge in [0.2, 0.25) is 0 Å². The summed E-state index contributed by atoms with van der Waals surface area (Å²) in [5, 5.41) is 0.855. The number of halogens is 2. The molecule has 2 aromatic carbocycles. The molecule has 0 unspecified atom stereocenters. The molecular weight excluding hydrogens is 429 g/mol. The van der Waals surface area contributed by atoms with Crippen molar-refractivity contribution >= 4 is 49.3 Å². The SMILES string of the molecule is Cc1nc2ccc(Oc3cc(F)c(C(=O)NS(=O)(=O)N(C)C)cc3Cl)cc2s1. The Kier molecular flexibility index (Phi) is 5.57. The number of rotatable bonds is 5. The quantitative estimate of drug-likeness (QED) is 0.649. The zero-order valence-electron chi connectivity index (χ0n) is 15.0. The average Bonchev–Trinajstić information content (AvgIpc) is 2.96. The molecule has 1 aromatic heterocycles. The van der Waals surface area contributed by atoms with Crippen molar-refractivity contribution in [3.8, 4) is 11.5 Å². The second kappa shape index (κ2) is 7.63. The van der Waals surface area contributed by atoms with E-state index in [2.05, 4.69) is 4.98 Å². The molecule has 3 aromatic rings. The molecule has 0 saturated heterocycles. The zero-order chi connectivity index (χ0) is 20.6. The molecule has 1 amide bonds. The Labute approximate surface area is 169 Å². The molecule has 0 aliphatic carbocycles. The maximum atomic E-state index is 14.4. The predicted molar refractivity (Wildman–Crippen MR) is 106 cm³/mol. The van der Waals surface area contributed by atoms with Gasteiger partial charge in [-0.1, -0.05) is 11.6 Å². The highest BCUT2D eigenvalue weighted by atomic mass is 35.5. The lowest BCUT2D eigenvalue weighted by Gasteiger charge is -2.13. The van der Waals surface area contributed by atoms with Crippen LogP contribution in [0.2, 0.25) is 5.02 Å². The van der Waals surface area contributed by atoms with Crippen LogP contribution in [0, 0.1) is 12.7 Å². The van der Waals surface area contributed by atoms with Crippen LogP contribution in [0.3, 0.4) is 0 Å². The number of nitrogens with one attached hydrogen (secondary N) is 1. The van der Waals surface area contributed by atoms with Gasteiger partial charge >= 0.3 is 10.2 Å². The van der Waals surface area contributed by atoms with E-state index in [1.54, 1.807) is 22.9 Å². The molecule has 0 spiro atoms. The molecule has 7 nitrogen and oxygen atoms in total. The Morgan fingerprint density at radius 2 is 2.00 bits per heavy atom. The summed E-state index contributed by atoms with van der Waals surface area (Å²) in [6, 6.07) is 7.13. The van der Waals surface area contributed by atoms with Crippen LogP contribution in [0.25, 0.3) is 10.2 Å². The molecule has 1 N–H and O–H groups in total. The number of ether oxygens (including phenoxy) is 1. The van der Waals surface area contributed by atoms with Crippen LogP contribution in [0.1, 0.15) is 15.4 Å². The highest BCUT2D eigenvalue weighted by molar-refractivity contribution is 7.87. The first-order valence-corrected chi connectivity index (χ1v) is 10.5. The van der Waals surface area contributed by atoms with E-state index in [4.69, 9.17) is 16.3 Å². The minimum Gasteiger partial charge on any atom is -0.456 e. The molecule has 3 rings (SSSR count). The van der Waals surface area contributed by atoms with Gasteiger partial charge in [-0.3, -0.25) is 4.79 Å². The Balaban J connectivity index is 1.87. The number of aryl methyl sites for hydroxylation is 1. The van der Waals surface area contributed by atoms with Crippen LogP contribution in [-0.4, -0.2) is 37.7 Å². The summed E-state index contributed by atoms with van der Waals surface area (Å²) < 4.78 is 46.9. The Bertz CT molecular complexity index is 1180. The van der Waals surface area contributed by atoms with Gasteiger partial charge in [0, 0.05) is 26.2 Å². The van der Waals surface area contributed by atoms with Gasteiger partial charge in [-0.15, -0.1) is 11.3 Å². The third-order valence-corrected chi connectivity index (χ3v) is 6.30. The van der Waals surface area contributed by atoms with Crippen molar-refractivity contribution < 1.29 is 22.3 Å². The number of aromatic nitrogens is 1. The Morgan fingerprint density at radius 1 is 1.29 bits per heavy atom. The first-order valence-electron chi connectivity index (χ1n) is 7.85. The zero-order valence-corrected chi connectivity index (χ0v) is 17.4. The maximum absolute atomic E-state index is 14.4. The molecule has 148 valence electrons. The van der Waals surface area contributed by atoms with Crippen LogP contribution >= 0.6 is 22.9 Å². The number of thiazole rings is 1. The normalized spacial score (nSPS) is 11.8. The number of benzene rings is 2. The number of nitrogens with zero attached hydrogens (tertiary/aromatic N) is 2. The molecular formula is C17H15ClFN3O4S2. The maximum Gasteiger partial charge on any atom is 0.303 e. The Hall–Kier alpha value is -2.27. The van der Waals surface area contributed by atoms with Crippen LogP contribution in [0.15, 0.2) is 30.3 Å². The van der Waals surface area contributed by atoms with Crippen LogP contribution < -0.4 is 9.46 Å². The monoisotopic (exact) mass is 443 g/mol. The van der Waals surface area contributed by atoms with E-state index in [0.29, 0.717) is 5.75 Å². The van der Waals surface area contributed by atoms with Gasteiger partial charge in [0.05, 0.1) is 25.8 Å². The summed E-state index contributed by atoms with van der Waals surface area (Å²) in [5.41, 5.74) is 0.303.